The summed E-state index contributed by atoms with van der Waals surface area (Å²) in [4.78, 5) is 3.89. The zero-order chi connectivity index (χ0) is 15.3. The van der Waals surface area contributed by atoms with Gasteiger partial charge in [-0.15, -0.1) is 0 Å². The lowest BCUT2D eigenvalue weighted by molar-refractivity contribution is 0.483. The molecule has 2 rings (SSSR count). The first-order valence-corrected chi connectivity index (χ1v) is 8.42. The lowest BCUT2D eigenvalue weighted by Gasteiger charge is -2.20. The third-order valence-electron chi connectivity index (χ3n) is 3.24. The van der Waals surface area contributed by atoms with Gasteiger partial charge >= 0.3 is 0 Å². The largest absolute Gasteiger partial charge is 0.253 e. The van der Waals surface area contributed by atoms with E-state index in [-0.39, 0.29) is 6.04 Å². The van der Waals surface area contributed by atoms with E-state index in [0.29, 0.717) is 13.0 Å². The van der Waals surface area contributed by atoms with Crippen molar-refractivity contribution in [1.82, 2.24) is 19.5 Å². The van der Waals surface area contributed by atoms with Crippen LogP contribution in [0.4, 0.5) is 0 Å². The minimum atomic E-state index is -3.33. The van der Waals surface area contributed by atoms with Gasteiger partial charge in [-0.3, -0.25) is 4.68 Å². The van der Waals surface area contributed by atoms with Gasteiger partial charge in [0.15, 0.2) is 0 Å². The van der Waals surface area contributed by atoms with Crippen LogP contribution in [-0.2, 0) is 16.6 Å². The molecule has 0 saturated carbocycles. The predicted molar refractivity (Wildman–Crippen MR) is 81.0 cm³/mol. The first-order valence-electron chi connectivity index (χ1n) is 6.87. The number of rotatable bonds is 7. The van der Waals surface area contributed by atoms with Gasteiger partial charge < -0.3 is 0 Å². The monoisotopic (exact) mass is 308 g/mol. The highest BCUT2D eigenvalue weighted by molar-refractivity contribution is 7.90. The Morgan fingerprint density at radius 1 is 1.24 bits per heavy atom. The molecule has 1 aromatic heterocycles. The van der Waals surface area contributed by atoms with Gasteiger partial charge in [0.1, 0.15) is 12.7 Å². The van der Waals surface area contributed by atoms with Crippen LogP contribution in [0.15, 0.2) is 43.0 Å². The number of hydrogen-bond acceptors (Lipinski definition) is 4. The molecule has 0 aliphatic carbocycles. The molecule has 1 heterocycles. The Bertz CT molecular complexity index is 639. The van der Waals surface area contributed by atoms with Crippen molar-refractivity contribution in [2.45, 2.75) is 38.1 Å². The van der Waals surface area contributed by atoms with E-state index >= 15 is 0 Å². The fraction of sp³-hybridized carbons (Fsp3) is 0.429. The average Bonchev–Trinajstić information content (AvgIpc) is 2.97. The maximum atomic E-state index is 12.1. The number of benzene rings is 1. The van der Waals surface area contributed by atoms with Gasteiger partial charge in [-0.2, -0.15) is 5.10 Å². The van der Waals surface area contributed by atoms with Crippen molar-refractivity contribution < 1.29 is 8.42 Å². The number of nitrogens with one attached hydrogen (secondary N) is 1. The predicted octanol–water partition coefficient (Wildman–Crippen LogP) is 1.74. The highest BCUT2D eigenvalue weighted by Crippen LogP contribution is 2.19. The van der Waals surface area contributed by atoms with Crippen LogP contribution >= 0.6 is 0 Å². The van der Waals surface area contributed by atoms with Crippen molar-refractivity contribution in [3.63, 3.8) is 0 Å². The fourth-order valence-electron chi connectivity index (χ4n) is 1.92. The summed E-state index contributed by atoms with van der Waals surface area (Å²) < 4.78 is 28.7. The molecule has 6 nitrogen and oxygen atoms in total. The van der Waals surface area contributed by atoms with E-state index in [4.69, 9.17) is 0 Å². The van der Waals surface area contributed by atoms with E-state index in [1.807, 2.05) is 30.3 Å². The molecule has 1 unspecified atom stereocenters. The molecule has 0 radical (unpaired) electrons. The molecule has 1 aromatic carbocycles. The first-order chi connectivity index (χ1) is 9.99. The van der Waals surface area contributed by atoms with Crippen LogP contribution in [0.5, 0.6) is 0 Å². The van der Waals surface area contributed by atoms with Crippen LogP contribution in [0, 0.1) is 0 Å². The number of nitrogens with zero attached hydrogens (tertiary/aromatic N) is 3. The standard InChI is InChI=1S/C14H20N4O2S/c1-12(2)21(19,20)17-14(13-6-4-3-5-7-13)8-9-18-11-15-10-16-18/h3-7,10-12,14,17H,8-9H2,1-2H3. The SMILES string of the molecule is CC(C)S(=O)(=O)NC(CCn1cncn1)c1ccccc1. The summed E-state index contributed by atoms with van der Waals surface area (Å²) in [6, 6.07) is 9.30. The molecule has 7 heteroatoms. The molecule has 0 saturated heterocycles. The van der Waals surface area contributed by atoms with Gasteiger partial charge in [0.2, 0.25) is 10.0 Å². The lowest BCUT2D eigenvalue weighted by Crippen LogP contribution is -2.34. The fourth-order valence-corrected chi connectivity index (χ4v) is 2.85. The molecular formula is C14H20N4O2S. The molecule has 1 atom stereocenters. The Balaban J connectivity index is 2.14. The third-order valence-corrected chi connectivity index (χ3v) is 5.10. The molecular weight excluding hydrogens is 288 g/mol. The zero-order valence-corrected chi connectivity index (χ0v) is 13.0. The highest BCUT2D eigenvalue weighted by Gasteiger charge is 2.22. The summed E-state index contributed by atoms with van der Waals surface area (Å²) in [5, 5.41) is 3.58. The molecule has 0 spiro atoms. The molecule has 1 N–H and O–H groups in total. The van der Waals surface area contributed by atoms with Crippen molar-refractivity contribution in [3.8, 4) is 0 Å². The summed E-state index contributed by atoms with van der Waals surface area (Å²) in [5.74, 6) is 0. The normalized spacial score (nSPS) is 13.5. The number of aryl methyl sites for hydroxylation is 1. The Labute approximate surface area is 125 Å². The van der Waals surface area contributed by atoms with Gasteiger partial charge in [-0.05, 0) is 25.8 Å². The van der Waals surface area contributed by atoms with Crippen LogP contribution in [0.25, 0.3) is 0 Å². The van der Waals surface area contributed by atoms with E-state index < -0.39 is 15.3 Å². The summed E-state index contributed by atoms with van der Waals surface area (Å²) >= 11 is 0. The van der Waals surface area contributed by atoms with Crippen molar-refractivity contribution in [2.75, 3.05) is 0 Å². The van der Waals surface area contributed by atoms with E-state index in [1.165, 1.54) is 6.33 Å². The number of hydrogen-bond donors (Lipinski definition) is 1. The molecule has 0 fully saturated rings. The second kappa shape index (κ2) is 6.82. The van der Waals surface area contributed by atoms with Crippen LogP contribution < -0.4 is 4.72 Å². The van der Waals surface area contributed by atoms with E-state index in [1.54, 1.807) is 24.9 Å². The lowest BCUT2D eigenvalue weighted by atomic mass is 10.1. The highest BCUT2D eigenvalue weighted by atomic mass is 32.2. The van der Waals surface area contributed by atoms with Crippen molar-refractivity contribution >= 4 is 10.0 Å². The van der Waals surface area contributed by atoms with Gasteiger partial charge in [-0.1, -0.05) is 30.3 Å². The second-order valence-electron chi connectivity index (χ2n) is 5.12. The van der Waals surface area contributed by atoms with Gasteiger partial charge in [-0.25, -0.2) is 18.1 Å². The maximum absolute atomic E-state index is 12.1. The number of sulfonamides is 1. The van der Waals surface area contributed by atoms with E-state index in [9.17, 15) is 8.42 Å². The zero-order valence-electron chi connectivity index (χ0n) is 12.2. The molecule has 114 valence electrons. The first kappa shape index (κ1) is 15.7. The molecule has 21 heavy (non-hydrogen) atoms. The van der Waals surface area contributed by atoms with Gasteiger partial charge in [0.05, 0.1) is 5.25 Å². The molecule has 0 amide bonds. The Morgan fingerprint density at radius 3 is 2.52 bits per heavy atom. The molecule has 0 aliphatic heterocycles. The van der Waals surface area contributed by atoms with Crippen LogP contribution in [0.2, 0.25) is 0 Å². The van der Waals surface area contributed by atoms with Gasteiger partial charge in [0.25, 0.3) is 0 Å². The van der Waals surface area contributed by atoms with Crippen molar-refractivity contribution in [3.05, 3.63) is 48.5 Å². The smallest absolute Gasteiger partial charge is 0.214 e. The second-order valence-corrected chi connectivity index (χ2v) is 7.39. The van der Waals surface area contributed by atoms with E-state index in [0.717, 1.165) is 5.56 Å². The van der Waals surface area contributed by atoms with Crippen molar-refractivity contribution in [1.29, 1.82) is 0 Å². The number of aromatic nitrogens is 3. The van der Waals surface area contributed by atoms with Gasteiger partial charge in [0, 0.05) is 12.6 Å². The summed E-state index contributed by atoms with van der Waals surface area (Å²) in [5.41, 5.74) is 0.946. The quantitative estimate of drug-likeness (QED) is 0.845. The Kier molecular flexibility index (Phi) is 5.08. The minimum absolute atomic E-state index is 0.275. The van der Waals surface area contributed by atoms with Crippen LogP contribution in [-0.4, -0.2) is 28.4 Å². The summed E-state index contributed by atoms with van der Waals surface area (Å²) in [6.45, 7) is 3.93. The topological polar surface area (TPSA) is 76.9 Å². The summed E-state index contributed by atoms with van der Waals surface area (Å²) in [6.07, 6.45) is 3.70. The Morgan fingerprint density at radius 2 is 1.95 bits per heavy atom. The Hall–Kier alpha value is -1.73. The average molecular weight is 308 g/mol. The molecule has 0 aliphatic rings. The molecule has 2 aromatic rings. The molecule has 0 bridgehead atoms. The third kappa shape index (κ3) is 4.37. The maximum Gasteiger partial charge on any atom is 0.214 e. The minimum Gasteiger partial charge on any atom is -0.253 e. The van der Waals surface area contributed by atoms with E-state index in [2.05, 4.69) is 14.8 Å². The summed E-state index contributed by atoms with van der Waals surface area (Å²) in [7, 11) is -3.33. The van der Waals surface area contributed by atoms with Crippen LogP contribution in [0.3, 0.4) is 0 Å². The van der Waals surface area contributed by atoms with Crippen LogP contribution in [0.1, 0.15) is 31.9 Å². The van der Waals surface area contributed by atoms with Crippen molar-refractivity contribution in [2.24, 2.45) is 0 Å².